The molecule has 4 rings (SSSR count). The van der Waals surface area contributed by atoms with E-state index in [9.17, 15) is 4.79 Å². The summed E-state index contributed by atoms with van der Waals surface area (Å²) in [7, 11) is 0. The zero-order valence-electron chi connectivity index (χ0n) is 15.1. The summed E-state index contributed by atoms with van der Waals surface area (Å²) in [5.74, 6) is 2.18. The minimum Gasteiger partial charge on any atom is -0.332 e. The average Bonchev–Trinajstić information content (AvgIpc) is 2.93. The Morgan fingerprint density at radius 1 is 1.08 bits per heavy atom. The summed E-state index contributed by atoms with van der Waals surface area (Å²) in [6.45, 7) is 4.14. The smallest absolute Gasteiger partial charge is 0.274 e. The van der Waals surface area contributed by atoms with Crippen LogP contribution in [0.2, 0.25) is 0 Å². The monoisotopic (exact) mass is 370 g/mol. The molecule has 2 aliphatic rings. The molecular formula is C20H26N4OS. The van der Waals surface area contributed by atoms with Crippen LogP contribution in [0.25, 0.3) is 11.0 Å². The lowest BCUT2D eigenvalue weighted by molar-refractivity contribution is 0.0639. The number of benzene rings is 1. The maximum absolute atomic E-state index is 13.2. The lowest BCUT2D eigenvalue weighted by atomic mass is 10.1. The highest BCUT2D eigenvalue weighted by molar-refractivity contribution is 7.99. The van der Waals surface area contributed by atoms with Gasteiger partial charge in [-0.15, -0.1) is 0 Å². The quantitative estimate of drug-likeness (QED) is 0.831. The maximum Gasteiger partial charge on any atom is 0.274 e. The number of hydrogen-bond acceptors (Lipinski definition) is 5. The molecular weight excluding hydrogens is 344 g/mol. The average molecular weight is 371 g/mol. The summed E-state index contributed by atoms with van der Waals surface area (Å²) in [5.41, 5.74) is 2.09. The third-order valence-electron chi connectivity index (χ3n) is 5.28. The molecule has 2 saturated heterocycles. The molecule has 0 aliphatic carbocycles. The Morgan fingerprint density at radius 3 is 2.73 bits per heavy atom. The predicted octanol–water partition coefficient (Wildman–Crippen LogP) is 3.06. The van der Waals surface area contributed by atoms with Crippen molar-refractivity contribution in [3.63, 3.8) is 0 Å². The van der Waals surface area contributed by atoms with Gasteiger partial charge in [-0.05, 0) is 50.2 Å². The van der Waals surface area contributed by atoms with Crippen LogP contribution in [-0.2, 0) is 0 Å². The fraction of sp³-hybridized carbons (Fsp3) is 0.550. The summed E-state index contributed by atoms with van der Waals surface area (Å²) in [6, 6.07) is 7.99. The van der Waals surface area contributed by atoms with Gasteiger partial charge in [0.15, 0.2) is 0 Å². The van der Waals surface area contributed by atoms with E-state index in [1.54, 1.807) is 6.20 Å². The first-order valence-corrected chi connectivity index (χ1v) is 10.8. The van der Waals surface area contributed by atoms with Crippen LogP contribution in [0.15, 0.2) is 30.5 Å². The van der Waals surface area contributed by atoms with Gasteiger partial charge >= 0.3 is 0 Å². The van der Waals surface area contributed by atoms with Crippen molar-refractivity contribution in [3.05, 3.63) is 36.2 Å². The number of para-hydroxylation sites is 2. The Labute approximate surface area is 159 Å². The first kappa shape index (κ1) is 17.7. The summed E-state index contributed by atoms with van der Waals surface area (Å²) in [5, 5.41) is 0. The van der Waals surface area contributed by atoms with Crippen molar-refractivity contribution in [2.75, 3.05) is 37.7 Å². The molecule has 5 nitrogen and oxygen atoms in total. The third kappa shape index (κ3) is 4.01. The Hall–Kier alpha value is -1.66. The second-order valence-corrected chi connectivity index (χ2v) is 8.34. The molecule has 0 N–H and O–H groups in total. The minimum atomic E-state index is 0.0350. The Kier molecular flexibility index (Phi) is 5.70. The van der Waals surface area contributed by atoms with E-state index < -0.39 is 0 Å². The van der Waals surface area contributed by atoms with Crippen molar-refractivity contribution < 1.29 is 4.79 Å². The summed E-state index contributed by atoms with van der Waals surface area (Å²) in [6.07, 6.45) is 6.59. The van der Waals surface area contributed by atoms with Crippen LogP contribution in [0.1, 0.15) is 36.2 Å². The van der Waals surface area contributed by atoms with Gasteiger partial charge in [0.1, 0.15) is 5.69 Å². The van der Waals surface area contributed by atoms with Crippen molar-refractivity contribution in [1.82, 2.24) is 19.8 Å². The predicted molar refractivity (Wildman–Crippen MR) is 107 cm³/mol. The number of likely N-dealkylation sites (tertiary alicyclic amines) is 1. The molecule has 1 aromatic carbocycles. The molecule has 1 aromatic heterocycles. The number of thioether (sulfide) groups is 1. The van der Waals surface area contributed by atoms with Crippen molar-refractivity contribution in [1.29, 1.82) is 0 Å². The number of carbonyl (C=O) groups is 1. The van der Waals surface area contributed by atoms with E-state index in [-0.39, 0.29) is 11.9 Å². The first-order chi connectivity index (χ1) is 12.8. The van der Waals surface area contributed by atoms with Crippen LogP contribution in [0.3, 0.4) is 0 Å². The Morgan fingerprint density at radius 2 is 1.88 bits per heavy atom. The molecule has 3 heterocycles. The highest BCUT2D eigenvalue weighted by Crippen LogP contribution is 2.21. The fourth-order valence-electron chi connectivity index (χ4n) is 3.89. The van der Waals surface area contributed by atoms with Crippen molar-refractivity contribution >= 4 is 28.7 Å². The molecule has 0 bridgehead atoms. The number of carbonyl (C=O) groups excluding carboxylic acids is 1. The molecule has 26 heavy (non-hydrogen) atoms. The van der Waals surface area contributed by atoms with E-state index in [4.69, 9.17) is 0 Å². The van der Waals surface area contributed by atoms with E-state index in [0.717, 1.165) is 42.0 Å². The third-order valence-corrected chi connectivity index (χ3v) is 6.48. The lowest BCUT2D eigenvalue weighted by Crippen LogP contribution is -2.49. The maximum atomic E-state index is 13.2. The van der Waals surface area contributed by atoms with Gasteiger partial charge in [0.2, 0.25) is 0 Å². The van der Waals surface area contributed by atoms with Crippen LogP contribution in [0.5, 0.6) is 0 Å². The molecule has 1 unspecified atom stereocenters. The molecule has 1 atom stereocenters. The zero-order chi connectivity index (χ0) is 17.8. The van der Waals surface area contributed by atoms with Gasteiger partial charge in [-0.1, -0.05) is 18.6 Å². The Bertz CT molecular complexity index is 762. The van der Waals surface area contributed by atoms with E-state index in [2.05, 4.69) is 19.8 Å². The summed E-state index contributed by atoms with van der Waals surface area (Å²) < 4.78 is 0. The molecule has 6 heteroatoms. The van der Waals surface area contributed by atoms with E-state index in [1.165, 1.54) is 32.4 Å². The number of fused-ring (bicyclic) bond motifs is 1. The number of aromatic nitrogens is 2. The number of nitrogens with zero attached hydrogens (tertiary/aromatic N) is 4. The van der Waals surface area contributed by atoms with Gasteiger partial charge in [-0.3, -0.25) is 9.78 Å². The normalized spacial score (nSPS) is 22.3. The van der Waals surface area contributed by atoms with Crippen LogP contribution in [0.4, 0.5) is 0 Å². The van der Waals surface area contributed by atoms with Crippen LogP contribution >= 0.6 is 11.8 Å². The van der Waals surface area contributed by atoms with Gasteiger partial charge in [0, 0.05) is 18.8 Å². The van der Waals surface area contributed by atoms with Gasteiger partial charge in [-0.2, -0.15) is 11.8 Å². The zero-order valence-corrected chi connectivity index (χ0v) is 16.0. The molecule has 2 fully saturated rings. The number of amides is 1. The molecule has 0 saturated carbocycles. The van der Waals surface area contributed by atoms with Crippen molar-refractivity contribution in [2.24, 2.45) is 0 Å². The second kappa shape index (κ2) is 8.35. The SMILES string of the molecule is O=C(c1cnc2ccccc2n1)N1CCCSCC1CN1CCCCC1. The molecule has 2 aliphatic heterocycles. The van der Waals surface area contributed by atoms with Crippen molar-refractivity contribution in [2.45, 2.75) is 31.7 Å². The molecule has 0 spiro atoms. The van der Waals surface area contributed by atoms with E-state index in [0.29, 0.717) is 5.69 Å². The summed E-state index contributed by atoms with van der Waals surface area (Å²) >= 11 is 1.97. The summed E-state index contributed by atoms with van der Waals surface area (Å²) in [4.78, 5) is 26.9. The Balaban J connectivity index is 1.55. The van der Waals surface area contributed by atoms with Gasteiger partial charge < -0.3 is 9.80 Å². The lowest BCUT2D eigenvalue weighted by Gasteiger charge is -2.35. The first-order valence-electron chi connectivity index (χ1n) is 9.64. The van der Waals surface area contributed by atoms with E-state index >= 15 is 0 Å². The number of rotatable bonds is 3. The molecule has 1 amide bonds. The van der Waals surface area contributed by atoms with Crippen LogP contribution in [-0.4, -0.2) is 69.4 Å². The van der Waals surface area contributed by atoms with Crippen LogP contribution in [0, 0.1) is 0 Å². The molecule has 0 radical (unpaired) electrons. The molecule has 138 valence electrons. The second-order valence-electron chi connectivity index (χ2n) is 7.19. The highest BCUT2D eigenvalue weighted by atomic mass is 32.2. The fourth-order valence-corrected chi connectivity index (χ4v) is 4.95. The number of hydrogen-bond donors (Lipinski definition) is 0. The van der Waals surface area contributed by atoms with E-state index in [1.807, 2.05) is 36.0 Å². The van der Waals surface area contributed by atoms with Crippen molar-refractivity contribution in [3.8, 4) is 0 Å². The largest absolute Gasteiger partial charge is 0.332 e. The molecule has 2 aromatic rings. The van der Waals surface area contributed by atoms with Gasteiger partial charge in [0.25, 0.3) is 5.91 Å². The minimum absolute atomic E-state index is 0.0350. The standard InChI is InChI=1S/C20H26N4OS/c25-20(19-13-21-17-7-2-3-8-18(17)22-19)24-11-6-12-26-15-16(24)14-23-9-4-1-5-10-23/h2-3,7-8,13,16H,1,4-6,9-12,14-15H2. The van der Waals surface area contributed by atoms with Gasteiger partial charge in [-0.25, -0.2) is 4.98 Å². The highest BCUT2D eigenvalue weighted by Gasteiger charge is 2.29. The topological polar surface area (TPSA) is 49.3 Å². The number of piperidine rings is 1. The van der Waals surface area contributed by atoms with Crippen LogP contribution < -0.4 is 0 Å². The van der Waals surface area contributed by atoms with Gasteiger partial charge in [0.05, 0.1) is 23.3 Å².